The fraction of sp³-hybridized carbons (Fsp3) is 1.00. The molecular weight excluding hydrogens is 198 g/mol. The van der Waals surface area contributed by atoms with Gasteiger partial charge in [0.15, 0.2) is 0 Å². The van der Waals surface area contributed by atoms with E-state index in [1.54, 1.807) is 0 Å². The van der Waals surface area contributed by atoms with Gasteiger partial charge in [0.05, 0.1) is 6.10 Å². The summed E-state index contributed by atoms with van der Waals surface area (Å²) in [5.74, 6) is 0.931. The van der Waals surface area contributed by atoms with E-state index in [2.05, 4.69) is 12.4 Å². The quantitative estimate of drug-likeness (QED) is 0.776. The second kappa shape index (κ2) is 6.61. The largest absolute Gasteiger partial charge is 0.378 e. The van der Waals surface area contributed by atoms with E-state index < -0.39 is 0 Å². The zero-order valence-electron chi connectivity index (χ0n) is 10.7. The van der Waals surface area contributed by atoms with Crippen LogP contribution in [-0.4, -0.2) is 25.8 Å². The van der Waals surface area contributed by atoms with Gasteiger partial charge in [-0.3, -0.25) is 0 Å². The zero-order valence-corrected chi connectivity index (χ0v) is 10.7. The van der Waals surface area contributed by atoms with Crippen molar-refractivity contribution in [1.82, 2.24) is 5.32 Å². The summed E-state index contributed by atoms with van der Waals surface area (Å²) in [6.07, 6.45) is 12.9. The van der Waals surface area contributed by atoms with Gasteiger partial charge in [-0.1, -0.05) is 19.3 Å². The maximum atomic E-state index is 5.71. The molecule has 2 nitrogen and oxygen atoms in total. The Hall–Kier alpha value is -0.0800. The molecule has 2 rings (SSSR count). The molecule has 2 fully saturated rings. The molecule has 0 amide bonds. The fourth-order valence-electron chi connectivity index (χ4n) is 3.39. The Morgan fingerprint density at radius 1 is 1.12 bits per heavy atom. The van der Waals surface area contributed by atoms with Gasteiger partial charge in [-0.15, -0.1) is 0 Å². The monoisotopic (exact) mass is 225 g/mol. The van der Waals surface area contributed by atoms with Crippen LogP contribution in [0.5, 0.6) is 0 Å². The molecule has 94 valence electrons. The summed E-state index contributed by atoms with van der Waals surface area (Å²) in [7, 11) is 2.13. The van der Waals surface area contributed by atoms with Crippen molar-refractivity contribution in [2.75, 3.05) is 13.7 Å². The topological polar surface area (TPSA) is 21.3 Å². The Morgan fingerprint density at radius 2 is 1.94 bits per heavy atom. The van der Waals surface area contributed by atoms with Crippen molar-refractivity contribution in [3.05, 3.63) is 0 Å². The van der Waals surface area contributed by atoms with E-state index in [9.17, 15) is 0 Å². The van der Waals surface area contributed by atoms with E-state index in [1.165, 1.54) is 57.8 Å². The van der Waals surface area contributed by atoms with Gasteiger partial charge in [0.2, 0.25) is 0 Å². The molecule has 16 heavy (non-hydrogen) atoms. The third kappa shape index (κ3) is 3.46. The van der Waals surface area contributed by atoms with Crippen molar-refractivity contribution in [2.24, 2.45) is 5.92 Å². The van der Waals surface area contributed by atoms with Crippen molar-refractivity contribution in [2.45, 2.75) is 69.9 Å². The molecule has 0 bridgehead atoms. The number of hydrogen-bond donors (Lipinski definition) is 1. The average Bonchev–Trinajstić information content (AvgIpc) is 2.84. The molecule has 0 aromatic heterocycles. The van der Waals surface area contributed by atoms with Crippen molar-refractivity contribution < 1.29 is 4.74 Å². The first-order valence-electron chi connectivity index (χ1n) is 7.19. The van der Waals surface area contributed by atoms with Crippen LogP contribution in [0.2, 0.25) is 0 Å². The molecule has 1 saturated carbocycles. The Morgan fingerprint density at radius 3 is 2.56 bits per heavy atom. The number of hydrogen-bond acceptors (Lipinski definition) is 2. The minimum absolute atomic E-state index is 0.569. The Balaban J connectivity index is 1.70. The van der Waals surface area contributed by atoms with Gasteiger partial charge in [-0.2, -0.15) is 0 Å². The van der Waals surface area contributed by atoms with Crippen LogP contribution in [0.4, 0.5) is 0 Å². The SMILES string of the molecule is CNC(CCC1CCCO1)C1CCCCC1. The maximum absolute atomic E-state index is 5.71. The minimum atomic E-state index is 0.569. The predicted octanol–water partition coefficient (Wildman–Crippen LogP) is 3.11. The molecule has 0 aromatic rings. The molecule has 1 aliphatic carbocycles. The highest BCUT2D eigenvalue weighted by molar-refractivity contribution is 4.80. The Bertz CT molecular complexity index is 183. The normalized spacial score (nSPS) is 29.4. The van der Waals surface area contributed by atoms with Crippen LogP contribution in [0, 0.1) is 5.92 Å². The van der Waals surface area contributed by atoms with Crippen LogP contribution in [0.15, 0.2) is 0 Å². The standard InChI is InChI=1S/C14H27NO/c1-15-14(12-6-3-2-4-7-12)10-9-13-8-5-11-16-13/h12-15H,2-11H2,1H3. The second-order valence-corrected chi connectivity index (χ2v) is 5.51. The van der Waals surface area contributed by atoms with Crippen LogP contribution >= 0.6 is 0 Å². The van der Waals surface area contributed by atoms with Gasteiger partial charge < -0.3 is 10.1 Å². The van der Waals surface area contributed by atoms with Crippen LogP contribution in [0.3, 0.4) is 0 Å². The highest BCUT2D eigenvalue weighted by atomic mass is 16.5. The molecule has 1 saturated heterocycles. The summed E-state index contributed by atoms with van der Waals surface area (Å²) < 4.78 is 5.71. The zero-order chi connectivity index (χ0) is 11.2. The average molecular weight is 225 g/mol. The van der Waals surface area contributed by atoms with Crippen molar-refractivity contribution in [3.8, 4) is 0 Å². The molecular formula is C14H27NO. The first-order valence-corrected chi connectivity index (χ1v) is 7.19. The molecule has 0 spiro atoms. The molecule has 2 heteroatoms. The molecule has 2 aliphatic rings. The van der Waals surface area contributed by atoms with Crippen molar-refractivity contribution in [3.63, 3.8) is 0 Å². The van der Waals surface area contributed by atoms with Gasteiger partial charge in [-0.05, 0) is 51.5 Å². The molecule has 1 aliphatic heterocycles. The second-order valence-electron chi connectivity index (χ2n) is 5.51. The van der Waals surface area contributed by atoms with Crippen LogP contribution in [0.25, 0.3) is 0 Å². The lowest BCUT2D eigenvalue weighted by atomic mass is 9.82. The lowest BCUT2D eigenvalue weighted by Crippen LogP contribution is -2.35. The van der Waals surface area contributed by atoms with E-state index in [4.69, 9.17) is 4.74 Å². The first kappa shape index (κ1) is 12.4. The van der Waals surface area contributed by atoms with Gasteiger partial charge in [0, 0.05) is 12.6 Å². The molecule has 1 heterocycles. The van der Waals surface area contributed by atoms with E-state index in [0.717, 1.165) is 18.6 Å². The van der Waals surface area contributed by atoms with Gasteiger partial charge in [-0.25, -0.2) is 0 Å². The molecule has 2 unspecified atom stereocenters. The van der Waals surface area contributed by atoms with Crippen molar-refractivity contribution in [1.29, 1.82) is 0 Å². The summed E-state index contributed by atoms with van der Waals surface area (Å²) in [5.41, 5.74) is 0. The van der Waals surface area contributed by atoms with E-state index in [1.807, 2.05) is 0 Å². The molecule has 0 radical (unpaired) electrons. The summed E-state index contributed by atoms with van der Waals surface area (Å²) in [6.45, 7) is 0.998. The third-order valence-corrected chi connectivity index (χ3v) is 4.41. The maximum Gasteiger partial charge on any atom is 0.0576 e. The fourth-order valence-corrected chi connectivity index (χ4v) is 3.39. The first-order chi connectivity index (χ1) is 7.90. The number of rotatable bonds is 5. The lowest BCUT2D eigenvalue weighted by Gasteiger charge is -2.30. The number of nitrogens with one attached hydrogen (secondary N) is 1. The summed E-state index contributed by atoms with van der Waals surface area (Å²) in [4.78, 5) is 0. The minimum Gasteiger partial charge on any atom is -0.378 e. The highest BCUT2D eigenvalue weighted by Crippen LogP contribution is 2.29. The van der Waals surface area contributed by atoms with E-state index in [0.29, 0.717) is 6.10 Å². The third-order valence-electron chi connectivity index (χ3n) is 4.41. The number of ether oxygens (including phenoxy) is 1. The van der Waals surface area contributed by atoms with Gasteiger partial charge in [0.1, 0.15) is 0 Å². The Kier molecular flexibility index (Phi) is 5.11. The Labute approximate surface area is 100 Å². The molecule has 0 aromatic carbocycles. The van der Waals surface area contributed by atoms with Crippen LogP contribution < -0.4 is 5.32 Å². The van der Waals surface area contributed by atoms with Crippen molar-refractivity contribution >= 4 is 0 Å². The highest BCUT2D eigenvalue weighted by Gasteiger charge is 2.24. The molecule has 2 atom stereocenters. The van der Waals surface area contributed by atoms with E-state index in [-0.39, 0.29) is 0 Å². The summed E-state index contributed by atoms with van der Waals surface area (Å²) in [5, 5.41) is 3.54. The lowest BCUT2D eigenvalue weighted by molar-refractivity contribution is 0.0960. The van der Waals surface area contributed by atoms with Gasteiger partial charge >= 0.3 is 0 Å². The summed E-state index contributed by atoms with van der Waals surface area (Å²) in [6, 6.07) is 0.740. The molecule has 1 N–H and O–H groups in total. The van der Waals surface area contributed by atoms with E-state index >= 15 is 0 Å². The predicted molar refractivity (Wildman–Crippen MR) is 67.6 cm³/mol. The van der Waals surface area contributed by atoms with Crippen LogP contribution in [-0.2, 0) is 4.74 Å². The van der Waals surface area contributed by atoms with Gasteiger partial charge in [0.25, 0.3) is 0 Å². The summed E-state index contributed by atoms with van der Waals surface area (Å²) >= 11 is 0. The smallest absolute Gasteiger partial charge is 0.0576 e. The van der Waals surface area contributed by atoms with Crippen LogP contribution in [0.1, 0.15) is 57.8 Å².